The average Bonchev–Trinajstić information content (AvgIpc) is 2.79. The molecule has 0 aliphatic carbocycles. The Morgan fingerprint density at radius 3 is 2.37 bits per heavy atom. The van der Waals surface area contributed by atoms with Gasteiger partial charge in [-0.05, 0) is 41.0 Å². The second-order valence-corrected chi connectivity index (χ2v) is 7.07. The van der Waals surface area contributed by atoms with Gasteiger partial charge in [-0.3, -0.25) is 0 Å². The van der Waals surface area contributed by atoms with E-state index in [1.54, 1.807) is 30.3 Å². The fourth-order valence-electron chi connectivity index (χ4n) is 3.23. The van der Waals surface area contributed by atoms with Crippen molar-refractivity contribution >= 4 is 17.6 Å². The summed E-state index contributed by atoms with van der Waals surface area (Å²) in [5.74, 6) is -0.368. The third-order valence-corrected chi connectivity index (χ3v) is 4.87. The van der Waals surface area contributed by atoms with Crippen LogP contribution in [-0.4, -0.2) is 16.1 Å². The Balaban J connectivity index is 1.77. The van der Waals surface area contributed by atoms with E-state index in [0.717, 1.165) is 22.3 Å². The summed E-state index contributed by atoms with van der Waals surface area (Å²) in [7, 11) is 0. The van der Waals surface area contributed by atoms with Crippen LogP contribution in [0.25, 0.3) is 22.4 Å². The Labute approximate surface area is 179 Å². The number of nitrogens with zero attached hydrogens (tertiary/aromatic N) is 1. The molecular weight excluding hydrogens is 398 g/mol. The predicted octanol–water partition coefficient (Wildman–Crippen LogP) is 6.35. The van der Waals surface area contributed by atoms with Gasteiger partial charge in [0.05, 0.1) is 5.56 Å². The van der Waals surface area contributed by atoms with Crippen molar-refractivity contribution in [2.45, 2.75) is 6.61 Å². The molecule has 4 nitrogen and oxygen atoms in total. The fraction of sp³-hybridized carbons (Fsp3) is 0.0400. The van der Waals surface area contributed by atoms with Gasteiger partial charge in [-0.1, -0.05) is 78.3 Å². The van der Waals surface area contributed by atoms with Crippen molar-refractivity contribution in [2.75, 3.05) is 0 Å². The van der Waals surface area contributed by atoms with Crippen LogP contribution in [0, 0.1) is 0 Å². The third-order valence-electron chi connectivity index (χ3n) is 4.66. The largest absolute Gasteiger partial charge is 0.487 e. The lowest BCUT2D eigenvalue weighted by Gasteiger charge is -2.15. The van der Waals surface area contributed by atoms with Crippen LogP contribution >= 0.6 is 11.6 Å². The van der Waals surface area contributed by atoms with Gasteiger partial charge in [-0.2, -0.15) is 0 Å². The smallest absolute Gasteiger partial charge is 0.335 e. The van der Waals surface area contributed by atoms with Gasteiger partial charge >= 0.3 is 5.97 Å². The molecule has 0 radical (unpaired) electrons. The number of ether oxygens (including phenoxy) is 1. The molecule has 0 spiro atoms. The number of hydrogen-bond donors (Lipinski definition) is 1. The summed E-state index contributed by atoms with van der Waals surface area (Å²) in [5.41, 5.74) is 4.31. The van der Waals surface area contributed by atoms with E-state index in [2.05, 4.69) is 4.98 Å². The molecule has 1 aromatic heterocycles. The van der Waals surface area contributed by atoms with Gasteiger partial charge in [0.1, 0.15) is 23.2 Å². The van der Waals surface area contributed by atoms with Gasteiger partial charge < -0.3 is 9.84 Å². The van der Waals surface area contributed by atoms with Gasteiger partial charge in [-0.25, -0.2) is 9.78 Å². The molecule has 0 saturated heterocycles. The molecule has 4 rings (SSSR count). The van der Waals surface area contributed by atoms with E-state index in [-0.39, 0.29) is 5.56 Å². The van der Waals surface area contributed by atoms with Crippen molar-refractivity contribution in [2.24, 2.45) is 0 Å². The van der Waals surface area contributed by atoms with Crippen LogP contribution in [-0.2, 0) is 6.61 Å². The molecule has 5 heteroatoms. The Kier molecular flexibility index (Phi) is 5.77. The van der Waals surface area contributed by atoms with E-state index in [1.165, 1.54) is 0 Å². The second-order valence-electron chi connectivity index (χ2n) is 6.69. The first-order chi connectivity index (χ1) is 14.6. The topological polar surface area (TPSA) is 59.4 Å². The normalized spacial score (nSPS) is 10.6. The zero-order valence-corrected chi connectivity index (χ0v) is 16.7. The SMILES string of the molecule is O=C(O)c1cccc(-c2ccccc2-c2nc(Cl)ccc2OCc2ccccc2)c1. The van der Waals surface area contributed by atoms with Crippen LogP contribution < -0.4 is 4.74 Å². The number of carboxylic acids is 1. The molecule has 0 aliphatic heterocycles. The molecule has 0 atom stereocenters. The van der Waals surface area contributed by atoms with Crippen molar-refractivity contribution in [3.63, 3.8) is 0 Å². The van der Waals surface area contributed by atoms with Crippen LogP contribution in [0.2, 0.25) is 5.15 Å². The lowest BCUT2D eigenvalue weighted by atomic mass is 9.95. The maximum Gasteiger partial charge on any atom is 0.335 e. The number of carbonyl (C=O) groups is 1. The number of pyridine rings is 1. The summed E-state index contributed by atoms with van der Waals surface area (Å²) in [5, 5.41) is 9.70. The van der Waals surface area contributed by atoms with E-state index >= 15 is 0 Å². The van der Waals surface area contributed by atoms with E-state index in [0.29, 0.717) is 23.2 Å². The summed E-state index contributed by atoms with van der Waals surface area (Å²) >= 11 is 6.20. The standard InChI is InChI=1S/C25H18ClNO3/c26-23-14-13-22(30-16-17-7-2-1-3-8-17)24(27-23)21-12-5-4-11-20(21)18-9-6-10-19(15-18)25(28)29/h1-15H,16H2,(H,28,29). The highest BCUT2D eigenvalue weighted by Gasteiger charge is 2.15. The number of benzene rings is 3. The predicted molar refractivity (Wildman–Crippen MR) is 118 cm³/mol. The lowest BCUT2D eigenvalue weighted by molar-refractivity contribution is 0.0697. The number of halogens is 1. The Hall–Kier alpha value is -3.63. The Morgan fingerprint density at radius 2 is 1.60 bits per heavy atom. The first kappa shape index (κ1) is 19.7. The quantitative estimate of drug-likeness (QED) is 0.373. The number of aromatic nitrogens is 1. The highest BCUT2D eigenvalue weighted by Crippen LogP contribution is 2.37. The molecule has 0 aliphatic rings. The van der Waals surface area contributed by atoms with Crippen LogP contribution in [0.4, 0.5) is 0 Å². The minimum absolute atomic E-state index is 0.224. The lowest BCUT2D eigenvalue weighted by Crippen LogP contribution is -2.00. The number of carboxylic acid groups (broad SMARTS) is 1. The second kappa shape index (κ2) is 8.80. The molecule has 1 N–H and O–H groups in total. The Bertz CT molecular complexity index is 1190. The van der Waals surface area contributed by atoms with Crippen molar-refractivity contribution in [3.8, 4) is 28.1 Å². The van der Waals surface area contributed by atoms with Gasteiger partial charge in [0.15, 0.2) is 0 Å². The minimum atomic E-state index is -0.970. The first-order valence-electron chi connectivity index (χ1n) is 9.38. The maximum atomic E-state index is 11.4. The fourth-order valence-corrected chi connectivity index (χ4v) is 3.38. The third kappa shape index (κ3) is 4.34. The van der Waals surface area contributed by atoms with Crippen LogP contribution in [0.3, 0.4) is 0 Å². The highest BCUT2D eigenvalue weighted by atomic mass is 35.5. The molecular formula is C25H18ClNO3. The summed E-state index contributed by atoms with van der Waals surface area (Å²) in [4.78, 5) is 15.9. The number of aromatic carboxylic acids is 1. The monoisotopic (exact) mass is 415 g/mol. The van der Waals surface area contributed by atoms with E-state index in [1.807, 2.05) is 60.7 Å². The zero-order valence-electron chi connectivity index (χ0n) is 16.0. The first-order valence-corrected chi connectivity index (χ1v) is 9.76. The molecule has 1 heterocycles. The summed E-state index contributed by atoms with van der Waals surface area (Å²) in [6.45, 7) is 0.397. The van der Waals surface area contributed by atoms with Crippen molar-refractivity contribution in [1.82, 2.24) is 4.98 Å². The van der Waals surface area contributed by atoms with Gasteiger partial charge in [0.2, 0.25) is 0 Å². The zero-order chi connectivity index (χ0) is 20.9. The van der Waals surface area contributed by atoms with Crippen LogP contribution in [0.15, 0.2) is 91.0 Å². The van der Waals surface area contributed by atoms with Gasteiger partial charge in [0, 0.05) is 5.56 Å². The van der Waals surface area contributed by atoms with E-state index in [9.17, 15) is 9.90 Å². The summed E-state index contributed by atoms with van der Waals surface area (Å²) < 4.78 is 6.07. The molecule has 0 fully saturated rings. The van der Waals surface area contributed by atoms with E-state index < -0.39 is 5.97 Å². The molecule has 30 heavy (non-hydrogen) atoms. The molecule has 0 unspecified atom stereocenters. The van der Waals surface area contributed by atoms with Crippen LogP contribution in [0.1, 0.15) is 15.9 Å². The molecule has 0 bridgehead atoms. The van der Waals surface area contributed by atoms with Gasteiger partial charge in [0.25, 0.3) is 0 Å². The van der Waals surface area contributed by atoms with E-state index in [4.69, 9.17) is 16.3 Å². The van der Waals surface area contributed by atoms with Gasteiger partial charge in [-0.15, -0.1) is 0 Å². The van der Waals surface area contributed by atoms with Crippen molar-refractivity contribution in [3.05, 3.63) is 107 Å². The maximum absolute atomic E-state index is 11.4. The highest BCUT2D eigenvalue weighted by molar-refractivity contribution is 6.29. The summed E-state index contributed by atoms with van der Waals surface area (Å²) in [6.07, 6.45) is 0. The molecule has 3 aromatic carbocycles. The van der Waals surface area contributed by atoms with Crippen molar-refractivity contribution < 1.29 is 14.6 Å². The Morgan fingerprint density at radius 1 is 0.867 bits per heavy atom. The minimum Gasteiger partial charge on any atom is -0.487 e. The van der Waals surface area contributed by atoms with Crippen molar-refractivity contribution in [1.29, 1.82) is 0 Å². The molecule has 0 amide bonds. The molecule has 148 valence electrons. The summed E-state index contributed by atoms with van der Waals surface area (Å²) in [6, 6.07) is 27.9. The average molecular weight is 416 g/mol. The molecule has 0 saturated carbocycles. The number of rotatable bonds is 6. The number of hydrogen-bond acceptors (Lipinski definition) is 3. The van der Waals surface area contributed by atoms with Crippen LogP contribution in [0.5, 0.6) is 5.75 Å². The molecule has 4 aromatic rings.